The second-order valence-electron chi connectivity index (χ2n) is 5.68. The molecule has 0 heterocycles. The molecule has 0 rings (SSSR count). The molecule has 1 amide bonds. The number of carbonyl (C=O) groups is 1. The molecule has 0 aliphatic rings. The monoisotopic (exact) mass is 240 g/mol. The zero-order chi connectivity index (χ0) is 13.5. The predicted molar refractivity (Wildman–Crippen MR) is 74.0 cm³/mol. The molecule has 0 aliphatic carbocycles. The Morgan fingerprint density at radius 3 is 2.41 bits per heavy atom. The minimum Gasteiger partial charge on any atom is -0.334 e. The van der Waals surface area contributed by atoms with Gasteiger partial charge in [0.25, 0.3) is 0 Å². The van der Waals surface area contributed by atoms with E-state index < -0.39 is 0 Å². The number of nitrogens with one attached hydrogen (secondary N) is 1. The fourth-order valence-electron chi connectivity index (χ4n) is 1.64. The molecule has 1 N–H and O–H groups in total. The van der Waals surface area contributed by atoms with Crippen molar-refractivity contribution in [2.24, 2.45) is 0 Å². The first-order valence-electron chi connectivity index (χ1n) is 6.43. The van der Waals surface area contributed by atoms with Crippen LogP contribution < -0.4 is 5.32 Å². The largest absolute Gasteiger partial charge is 0.334 e. The van der Waals surface area contributed by atoms with Gasteiger partial charge in [-0.05, 0) is 33.7 Å². The van der Waals surface area contributed by atoms with Crippen molar-refractivity contribution in [1.82, 2.24) is 10.2 Å². The minimum atomic E-state index is -0.128. The van der Waals surface area contributed by atoms with Crippen LogP contribution >= 0.6 is 0 Å². The maximum atomic E-state index is 12.1. The lowest BCUT2D eigenvalue weighted by Crippen LogP contribution is -2.45. The van der Waals surface area contributed by atoms with E-state index in [1.165, 1.54) is 0 Å². The molecular formula is C14H28N2O. The van der Waals surface area contributed by atoms with Gasteiger partial charge in [0.1, 0.15) is 0 Å². The lowest BCUT2D eigenvalue weighted by Gasteiger charge is -2.35. The van der Waals surface area contributed by atoms with Gasteiger partial charge in [0.2, 0.25) is 5.91 Å². The first-order chi connectivity index (χ1) is 7.79. The van der Waals surface area contributed by atoms with E-state index in [-0.39, 0.29) is 11.4 Å². The van der Waals surface area contributed by atoms with Crippen molar-refractivity contribution in [2.75, 3.05) is 13.1 Å². The summed E-state index contributed by atoms with van der Waals surface area (Å²) in [7, 11) is 0. The van der Waals surface area contributed by atoms with Crippen molar-refractivity contribution in [2.45, 2.75) is 59.0 Å². The van der Waals surface area contributed by atoms with E-state index in [1.54, 1.807) is 6.08 Å². The number of hydrogen-bond donors (Lipinski definition) is 1. The summed E-state index contributed by atoms with van der Waals surface area (Å²) >= 11 is 0. The fourth-order valence-corrected chi connectivity index (χ4v) is 1.64. The van der Waals surface area contributed by atoms with E-state index in [0.29, 0.717) is 19.0 Å². The molecule has 100 valence electrons. The number of rotatable bonds is 7. The number of carbonyl (C=O) groups excluding carboxylic acids is 1. The van der Waals surface area contributed by atoms with E-state index in [1.807, 2.05) is 4.90 Å². The minimum absolute atomic E-state index is 0.128. The van der Waals surface area contributed by atoms with Gasteiger partial charge >= 0.3 is 0 Å². The summed E-state index contributed by atoms with van der Waals surface area (Å²) in [6, 6.07) is 0.483. The number of amides is 1. The Balaban J connectivity index is 4.11. The average Bonchev–Trinajstić information content (AvgIpc) is 2.18. The molecule has 0 spiro atoms. The van der Waals surface area contributed by atoms with Crippen molar-refractivity contribution in [3.8, 4) is 0 Å². The summed E-state index contributed by atoms with van der Waals surface area (Å²) in [5, 5.41) is 3.32. The van der Waals surface area contributed by atoms with E-state index in [9.17, 15) is 4.79 Å². The highest BCUT2D eigenvalue weighted by atomic mass is 16.2. The van der Waals surface area contributed by atoms with Crippen molar-refractivity contribution in [3.63, 3.8) is 0 Å². The van der Waals surface area contributed by atoms with Crippen LogP contribution in [0.5, 0.6) is 0 Å². The normalized spacial score (nSPS) is 11.6. The van der Waals surface area contributed by atoms with Crippen LogP contribution in [-0.2, 0) is 4.79 Å². The van der Waals surface area contributed by atoms with Crippen LogP contribution in [0, 0.1) is 0 Å². The molecule has 3 heteroatoms. The summed E-state index contributed by atoms with van der Waals surface area (Å²) < 4.78 is 0. The Morgan fingerprint density at radius 1 is 1.41 bits per heavy atom. The summed E-state index contributed by atoms with van der Waals surface area (Å²) in [5.74, 6) is 0.211. The maximum Gasteiger partial charge on any atom is 0.223 e. The van der Waals surface area contributed by atoms with E-state index in [0.717, 1.165) is 13.0 Å². The summed E-state index contributed by atoms with van der Waals surface area (Å²) in [6.45, 7) is 15.6. The quantitative estimate of drug-likeness (QED) is 0.548. The van der Waals surface area contributed by atoms with Crippen LogP contribution in [-0.4, -0.2) is 35.5 Å². The van der Waals surface area contributed by atoms with Crippen molar-refractivity contribution in [3.05, 3.63) is 12.7 Å². The molecule has 0 unspecified atom stereocenters. The maximum absolute atomic E-state index is 12.1. The second-order valence-corrected chi connectivity index (χ2v) is 5.68. The molecule has 0 fully saturated rings. The van der Waals surface area contributed by atoms with Gasteiger partial charge in [0.15, 0.2) is 0 Å². The molecule has 0 aromatic heterocycles. The van der Waals surface area contributed by atoms with Gasteiger partial charge in [0, 0.05) is 24.5 Å². The zero-order valence-corrected chi connectivity index (χ0v) is 12.0. The van der Waals surface area contributed by atoms with Gasteiger partial charge in [-0.15, -0.1) is 6.58 Å². The first kappa shape index (κ1) is 16.2. The van der Waals surface area contributed by atoms with Crippen LogP contribution in [0.15, 0.2) is 12.7 Å². The summed E-state index contributed by atoms with van der Waals surface area (Å²) in [5.41, 5.74) is -0.128. The van der Waals surface area contributed by atoms with Gasteiger partial charge in [-0.3, -0.25) is 4.79 Å². The third-order valence-corrected chi connectivity index (χ3v) is 2.54. The van der Waals surface area contributed by atoms with Crippen LogP contribution in [0.4, 0.5) is 0 Å². The van der Waals surface area contributed by atoms with Crippen molar-refractivity contribution < 1.29 is 4.79 Å². The Bertz CT molecular complexity index is 241. The van der Waals surface area contributed by atoms with Gasteiger partial charge in [0.05, 0.1) is 0 Å². The zero-order valence-electron chi connectivity index (χ0n) is 12.0. The highest BCUT2D eigenvalue weighted by Gasteiger charge is 2.24. The summed E-state index contributed by atoms with van der Waals surface area (Å²) in [4.78, 5) is 14.0. The molecule has 3 nitrogen and oxygen atoms in total. The summed E-state index contributed by atoms with van der Waals surface area (Å²) in [6.07, 6.45) is 3.28. The van der Waals surface area contributed by atoms with E-state index >= 15 is 0 Å². The smallest absolute Gasteiger partial charge is 0.223 e. The van der Waals surface area contributed by atoms with Crippen molar-refractivity contribution in [1.29, 1.82) is 0 Å². The van der Waals surface area contributed by atoms with Gasteiger partial charge < -0.3 is 10.2 Å². The average molecular weight is 240 g/mol. The molecule has 17 heavy (non-hydrogen) atoms. The Kier molecular flexibility index (Phi) is 7.12. The fraction of sp³-hybridized carbons (Fsp3) is 0.786. The molecule has 0 aliphatic heterocycles. The molecule has 0 bridgehead atoms. The Hall–Kier alpha value is -0.830. The van der Waals surface area contributed by atoms with Gasteiger partial charge in [-0.25, -0.2) is 0 Å². The third-order valence-electron chi connectivity index (χ3n) is 2.54. The van der Waals surface area contributed by atoms with Gasteiger partial charge in [-0.1, -0.05) is 19.9 Å². The van der Waals surface area contributed by atoms with Gasteiger partial charge in [-0.2, -0.15) is 0 Å². The lowest BCUT2D eigenvalue weighted by molar-refractivity contribution is -0.135. The molecule has 0 aromatic carbocycles. The SMILES string of the molecule is C=CCN(C(=O)CCCNC(C)C)C(C)(C)C. The third kappa shape index (κ3) is 7.16. The van der Waals surface area contributed by atoms with E-state index in [2.05, 4.69) is 46.5 Å². The van der Waals surface area contributed by atoms with Crippen LogP contribution in [0.1, 0.15) is 47.5 Å². The Morgan fingerprint density at radius 2 is 2.00 bits per heavy atom. The molecular weight excluding hydrogens is 212 g/mol. The molecule has 0 radical (unpaired) electrons. The van der Waals surface area contributed by atoms with Crippen LogP contribution in [0.2, 0.25) is 0 Å². The molecule has 0 aromatic rings. The van der Waals surface area contributed by atoms with Crippen LogP contribution in [0.25, 0.3) is 0 Å². The second kappa shape index (κ2) is 7.49. The number of hydrogen-bond acceptors (Lipinski definition) is 2. The highest BCUT2D eigenvalue weighted by molar-refractivity contribution is 5.77. The topological polar surface area (TPSA) is 32.3 Å². The van der Waals surface area contributed by atoms with Crippen molar-refractivity contribution >= 4 is 5.91 Å². The number of nitrogens with zero attached hydrogens (tertiary/aromatic N) is 1. The molecule has 0 saturated heterocycles. The molecule has 0 saturated carbocycles. The predicted octanol–water partition coefficient (Wildman–Crippen LogP) is 2.58. The highest BCUT2D eigenvalue weighted by Crippen LogP contribution is 2.15. The lowest BCUT2D eigenvalue weighted by atomic mass is 10.0. The standard InChI is InChI=1S/C14H28N2O/c1-7-11-16(14(4,5)6)13(17)9-8-10-15-12(2)3/h7,12,15H,1,8-11H2,2-6H3. The molecule has 0 atom stereocenters. The first-order valence-corrected chi connectivity index (χ1v) is 6.43. The van der Waals surface area contributed by atoms with E-state index in [4.69, 9.17) is 0 Å². The Labute approximate surface area is 106 Å². The van der Waals surface area contributed by atoms with Crippen LogP contribution in [0.3, 0.4) is 0 Å².